The Kier molecular flexibility index (Phi) is 7.23. The molecule has 0 amide bonds. The van der Waals surface area contributed by atoms with Crippen LogP contribution in [0.5, 0.6) is 0 Å². The predicted octanol–water partition coefficient (Wildman–Crippen LogP) is 7.13. The van der Waals surface area contributed by atoms with Crippen molar-refractivity contribution in [3.05, 3.63) is 82.4 Å². The summed E-state index contributed by atoms with van der Waals surface area (Å²) in [6.07, 6.45) is 1.54. The van der Waals surface area contributed by atoms with Gasteiger partial charge >= 0.3 is 0 Å². The average Bonchev–Trinajstić information content (AvgIpc) is 3.26. The summed E-state index contributed by atoms with van der Waals surface area (Å²) in [6, 6.07) is 12.4. The van der Waals surface area contributed by atoms with Crippen molar-refractivity contribution >= 4 is 27.1 Å². The van der Waals surface area contributed by atoms with Gasteiger partial charge in [0.15, 0.2) is 9.84 Å². The van der Waals surface area contributed by atoms with Crippen molar-refractivity contribution in [2.45, 2.75) is 56.6 Å². The third-order valence-corrected chi connectivity index (χ3v) is 9.35. The Labute approximate surface area is 220 Å². The molecule has 2 aromatic carbocycles. The standard InChI is InChI=1S/C28H29F2N3O2S2/c1-16(2)18-9-7-11-21(29)26(18)37(34,35)15-17-8-6-10-19(24(17)30)20-14-23(28(3,4)5)36-25(20)22-12-13-32-27(31)33-22/h6-14,16H,15H2,1-5H3,(H2,31,32,33). The van der Waals surface area contributed by atoms with E-state index in [-0.39, 0.29) is 33.3 Å². The Morgan fingerprint density at radius 3 is 2.38 bits per heavy atom. The van der Waals surface area contributed by atoms with Crippen LogP contribution in [0.4, 0.5) is 14.7 Å². The second kappa shape index (κ2) is 9.95. The zero-order valence-electron chi connectivity index (χ0n) is 21.3. The summed E-state index contributed by atoms with van der Waals surface area (Å²) in [5.74, 6) is -2.30. The SMILES string of the molecule is CC(C)c1cccc(F)c1S(=O)(=O)Cc1cccc(-c2cc(C(C)(C)C)sc2-c2ccnc(N)n2)c1F. The van der Waals surface area contributed by atoms with Gasteiger partial charge in [-0.15, -0.1) is 11.3 Å². The van der Waals surface area contributed by atoms with Crippen molar-refractivity contribution in [2.75, 3.05) is 5.73 Å². The first kappa shape index (κ1) is 26.9. The minimum absolute atomic E-state index is 0.0351. The van der Waals surface area contributed by atoms with Gasteiger partial charge in [-0.1, -0.05) is 65.0 Å². The zero-order chi connectivity index (χ0) is 27.1. The number of rotatable bonds is 6. The van der Waals surface area contributed by atoms with Crippen LogP contribution >= 0.6 is 11.3 Å². The molecule has 2 heterocycles. The summed E-state index contributed by atoms with van der Waals surface area (Å²) in [5, 5.41) is 0. The Morgan fingerprint density at radius 2 is 1.73 bits per heavy atom. The molecule has 0 bridgehead atoms. The topological polar surface area (TPSA) is 85.9 Å². The molecule has 0 fully saturated rings. The van der Waals surface area contributed by atoms with Gasteiger partial charge in [-0.2, -0.15) is 0 Å². The molecule has 0 aliphatic carbocycles. The number of benzene rings is 2. The summed E-state index contributed by atoms with van der Waals surface area (Å²) >= 11 is 1.47. The fraction of sp³-hybridized carbons (Fsp3) is 0.286. The van der Waals surface area contributed by atoms with Gasteiger partial charge in [0.1, 0.15) is 16.5 Å². The van der Waals surface area contributed by atoms with E-state index in [1.165, 1.54) is 29.7 Å². The molecule has 0 atom stereocenters. The van der Waals surface area contributed by atoms with Gasteiger partial charge in [0, 0.05) is 27.8 Å². The highest BCUT2D eigenvalue weighted by Gasteiger charge is 2.28. The molecule has 4 aromatic rings. The normalized spacial score (nSPS) is 12.3. The average molecular weight is 542 g/mol. The highest BCUT2D eigenvalue weighted by atomic mass is 32.2. The summed E-state index contributed by atoms with van der Waals surface area (Å²) in [5.41, 5.74) is 7.30. The lowest BCUT2D eigenvalue weighted by molar-refractivity contribution is 0.556. The van der Waals surface area contributed by atoms with Crippen LogP contribution in [0.3, 0.4) is 0 Å². The van der Waals surface area contributed by atoms with E-state index in [0.717, 1.165) is 10.9 Å². The van der Waals surface area contributed by atoms with Crippen molar-refractivity contribution < 1.29 is 17.2 Å². The van der Waals surface area contributed by atoms with Crippen molar-refractivity contribution in [1.82, 2.24) is 9.97 Å². The van der Waals surface area contributed by atoms with Crippen molar-refractivity contribution in [1.29, 1.82) is 0 Å². The number of anilines is 1. The number of aromatic nitrogens is 2. The molecule has 0 saturated heterocycles. The summed E-state index contributed by atoms with van der Waals surface area (Å²) in [4.78, 5) is 9.61. The molecule has 0 spiro atoms. The Balaban J connectivity index is 1.85. The quantitative estimate of drug-likeness (QED) is 0.281. The van der Waals surface area contributed by atoms with Crippen LogP contribution in [0, 0.1) is 11.6 Å². The van der Waals surface area contributed by atoms with E-state index in [1.807, 2.05) is 6.07 Å². The third kappa shape index (κ3) is 5.43. The molecule has 5 nitrogen and oxygen atoms in total. The summed E-state index contributed by atoms with van der Waals surface area (Å²) in [7, 11) is -4.18. The fourth-order valence-electron chi connectivity index (χ4n) is 4.14. The van der Waals surface area contributed by atoms with E-state index >= 15 is 4.39 Å². The van der Waals surface area contributed by atoms with Crippen LogP contribution in [0.2, 0.25) is 0 Å². The Bertz CT molecular complexity index is 1570. The molecular formula is C28H29F2N3O2S2. The Hall–Kier alpha value is -3.17. The van der Waals surface area contributed by atoms with Gasteiger partial charge in [-0.25, -0.2) is 27.2 Å². The van der Waals surface area contributed by atoms with Gasteiger partial charge in [0.25, 0.3) is 0 Å². The van der Waals surface area contributed by atoms with Crippen LogP contribution in [-0.2, 0) is 21.0 Å². The number of nitrogens with two attached hydrogens (primary N) is 1. The highest BCUT2D eigenvalue weighted by Crippen LogP contribution is 2.44. The van der Waals surface area contributed by atoms with Crippen molar-refractivity contribution in [3.63, 3.8) is 0 Å². The molecule has 37 heavy (non-hydrogen) atoms. The second-order valence-electron chi connectivity index (χ2n) is 10.3. The lowest BCUT2D eigenvalue weighted by Gasteiger charge is -2.15. The van der Waals surface area contributed by atoms with Gasteiger partial charge in [0.2, 0.25) is 5.95 Å². The van der Waals surface area contributed by atoms with Crippen LogP contribution in [0.15, 0.2) is 59.6 Å². The number of thiophene rings is 1. The van der Waals surface area contributed by atoms with E-state index in [2.05, 4.69) is 30.7 Å². The minimum atomic E-state index is -4.18. The Morgan fingerprint density at radius 1 is 1.03 bits per heavy atom. The first-order valence-corrected chi connectivity index (χ1v) is 14.3. The molecule has 194 valence electrons. The van der Waals surface area contributed by atoms with E-state index in [1.54, 1.807) is 38.1 Å². The molecule has 0 aliphatic rings. The van der Waals surface area contributed by atoms with E-state index < -0.39 is 27.2 Å². The maximum Gasteiger partial charge on any atom is 0.220 e. The lowest BCUT2D eigenvalue weighted by Crippen LogP contribution is -2.12. The van der Waals surface area contributed by atoms with E-state index in [4.69, 9.17) is 5.73 Å². The molecule has 0 aliphatic heterocycles. The molecule has 0 unspecified atom stereocenters. The van der Waals surface area contributed by atoms with Crippen LogP contribution < -0.4 is 5.73 Å². The van der Waals surface area contributed by atoms with Crippen LogP contribution in [0.1, 0.15) is 56.5 Å². The maximum atomic E-state index is 16.0. The monoisotopic (exact) mass is 541 g/mol. The third-order valence-electron chi connectivity index (χ3n) is 6.02. The van der Waals surface area contributed by atoms with Gasteiger partial charge in [0.05, 0.1) is 16.3 Å². The number of halogens is 2. The molecule has 0 saturated carbocycles. The minimum Gasteiger partial charge on any atom is -0.368 e. The summed E-state index contributed by atoms with van der Waals surface area (Å²) < 4.78 is 57.5. The van der Waals surface area contributed by atoms with E-state index in [9.17, 15) is 12.8 Å². The molecule has 2 aromatic heterocycles. The smallest absolute Gasteiger partial charge is 0.220 e. The predicted molar refractivity (Wildman–Crippen MR) is 145 cm³/mol. The second-order valence-corrected chi connectivity index (χ2v) is 13.2. The molecule has 2 N–H and O–H groups in total. The molecule has 9 heteroatoms. The zero-order valence-corrected chi connectivity index (χ0v) is 23.0. The fourth-order valence-corrected chi connectivity index (χ4v) is 7.14. The van der Waals surface area contributed by atoms with E-state index in [0.29, 0.717) is 21.7 Å². The number of hydrogen-bond donors (Lipinski definition) is 1. The van der Waals surface area contributed by atoms with Gasteiger partial charge in [-0.05, 0) is 35.1 Å². The molecule has 0 radical (unpaired) electrons. The first-order valence-electron chi connectivity index (χ1n) is 11.8. The highest BCUT2D eigenvalue weighted by molar-refractivity contribution is 7.90. The van der Waals surface area contributed by atoms with Gasteiger partial charge in [-0.3, -0.25) is 0 Å². The number of sulfone groups is 1. The lowest BCUT2D eigenvalue weighted by atomic mass is 9.92. The maximum absolute atomic E-state index is 16.0. The number of nitrogens with zero attached hydrogens (tertiary/aromatic N) is 2. The first-order chi connectivity index (χ1) is 17.3. The number of nitrogen functional groups attached to an aromatic ring is 1. The van der Waals surface area contributed by atoms with Gasteiger partial charge < -0.3 is 5.73 Å². The van der Waals surface area contributed by atoms with Crippen LogP contribution in [0.25, 0.3) is 21.7 Å². The van der Waals surface area contributed by atoms with Crippen molar-refractivity contribution in [3.8, 4) is 21.7 Å². The number of hydrogen-bond acceptors (Lipinski definition) is 6. The molecule has 4 rings (SSSR count). The van der Waals surface area contributed by atoms with Crippen LogP contribution in [-0.4, -0.2) is 18.4 Å². The summed E-state index contributed by atoms with van der Waals surface area (Å²) in [6.45, 7) is 9.75. The molecular weight excluding hydrogens is 512 g/mol. The largest absolute Gasteiger partial charge is 0.368 e. The van der Waals surface area contributed by atoms with Crippen molar-refractivity contribution in [2.24, 2.45) is 0 Å².